The molecule has 24 heavy (non-hydrogen) atoms. The van der Waals surface area contributed by atoms with Crippen molar-refractivity contribution in [2.24, 2.45) is 0 Å². The normalized spacial score (nSPS) is 22.5. The first-order valence-corrected chi connectivity index (χ1v) is 7.65. The van der Waals surface area contributed by atoms with E-state index in [-0.39, 0.29) is 38.3 Å². The van der Waals surface area contributed by atoms with Crippen molar-refractivity contribution in [1.82, 2.24) is 10.2 Å². The number of amides is 1. The van der Waals surface area contributed by atoms with Gasteiger partial charge in [0.25, 0.3) is 0 Å². The Labute approximate surface area is 152 Å². The number of hydrogen-bond acceptors (Lipinski definition) is 3. The van der Waals surface area contributed by atoms with E-state index < -0.39 is 35.7 Å². The Balaban J connectivity index is 0.00000156. The molecule has 1 unspecified atom stereocenters. The second kappa shape index (κ2) is 7.22. The minimum absolute atomic E-state index is 0. The average Bonchev–Trinajstić information content (AvgIpc) is 2.92. The fourth-order valence-corrected chi connectivity index (χ4v) is 3.66. The van der Waals surface area contributed by atoms with E-state index >= 15 is 0 Å². The third kappa shape index (κ3) is 3.48. The largest absolute Gasteiger partial charge is 1.00 e. The van der Waals surface area contributed by atoms with Gasteiger partial charge in [0.1, 0.15) is 18.2 Å². The summed E-state index contributed by atoms with van der Waals surface area (Å²) in [5.74, 6) is -2.93. The number of carbonyl (C=O) groups excluding carboxylic acids is 1. The topological polar surface area (TPSA) is 69.6 Å². The molecule has 0 radical (unpaired) electrons. The molecule has 8 heteroatoms. The van der Waals surface area contributed by atoms with Crippen LogP contribution >= 0.6 is 0 Å². The number of nitrogens with one attached hydrogen (secondary N) is 1. The first-order valence-electron chi connectivity index (χ1n) is 7.65. The summed E-state index contributed by atoms with van der Waals surface area (Å²) in [7, 11) is 0. The zero-order valence-corrected chi connectivity index (χ0v) is 13.5. The number of hydrogen-bond donors (Lipinski definition) is 2. The van der Waals surface area contributed by atoms with E-state index in [0.717, 1.165) is 31.0 Å². The number of aliphatic carboxylic acids is 1. The van der Waals surface area contributed by atoms with Crippen molar-refractivity contribution in [3.63, 3.8) is 0 Å². The van der Waals surface area contributed by atoms with Crippen molar-refractivity contribution in [3.8, 4) is 0 Å². The van der Waals surface area contributed by atoms with Crippen molar-refractivity contribution in [1.29, 1.82) is 0 Å². The van der Waals surface area contributed by atoms with Crippen molar-refractivity contribution >= 4 is 11.9 Å². The number of piperazine rings is 1. The molecular weight excluding hydrogens is 313 g/mol. The molecule has 2 fully saturated rings. The summed E-state index contributed by atoms with van der Waals surface area (Å²) < 4.78 is 27.0. The Morgan fingerprint density at radius 2 is 1.88 bits per heavy atom. The molecule has 1 aliphatic heterocycles. The fraction of sp³-hybridized carbons (Fsp3) is 0.500. The van der Waals surface area contributed by atoms with E-state index in [1.54, 1.807) is 0 Å². The van der Waals surface area contributed by atoms with Crippen LogP contribution in [0.15, 0.2) is 18.2 Å². The summed E-state index contributed by atoms with van der Waals surface area (Å²) in [4.78, 5) is 25.3. The van der Waals surface area contributed by atoms with Gasteiger partial charge in [0, 0.05) is 12.6 Å². The molecule has 0 bridgehead atoms. The minimum Gasteiger partial charge on any atom is -1.00 e. The number of carboxylic acid groups (broad SMARTS) is 1. The van der Waals surface area contributed by atoms with Crippen molar-refractivity contribution < 1.29 is 43.8 Å². The van der Waals surface area contributed by atoms with E-state index in [1.165, 1.54) is 4.90 Å². The summed E-state index contributed by atoms with van der Waals surface area (Å²) in [5.41, 5.74) is -0.463. The molecule has 2 N–H and O–H groups in total. The second-order valence-corrected chi connectivity index (χ2v) is 6.22. The SMILES string of the molecule is O=C(O)CN1C(=O)C2(CCCC2)NCC1c1cc(F)cc(F)c1.[H-].[Li+]. The molecule has 1 atom stereocenters. The van der Waals surface area contributed by atoms with Crippen LogP contribution in [-0.2, 0) is 9.59 Å². The van der Waals surface area contributed by atoms with Crippen LogP contribution in [0.2, 0.25) is 0 Å². The van der Waals surface area contributed by atoms with Crippen LogP contribution in [0.1, 0.15) is 38.7 Å². The Hall–Kier alpha value is -1.42. The number of nitrogens with zero attached hydrogens (tertiary/aromatic N) is 1. The van der Waals surface area contributed by atoms with E-state index in [2.05, 4.69) is 5.32 Å². The maximum absolute atomic E-state index is 13.5. The van der Waals surface area contributed by atoms with Gasteiger partial charge in [-0.25, -0.2) is 8.78 Å². The molecule has 1 saturated carbocycles. The summed E-state index contributed by atoms with van der Waals surface area (Å²) in [6, 6.07) is 2.34. The van der Waals surface area contributed by atoms with E-state index in [0.29, 0.717) is 12.8 Å². The van der Waals surface area contributed by atoms with E-state index in [1.807, 2.05) is 0 Å². The summed E-state index contributed by atoms with van der Waals surface area (Å²) in [6.45, 7) is -0.201. The maximum Gasteiger partial charge on any atom is 1.00 e. The minimum atomic E-state index is -1.14. The van der Waals surface area contributed by atoms with Gasteiger partial charge in [-0.1, -0.05) is 12.8 Å². The van der Waals surface area contributed by atoms with Crippen LogP contribution < -0.4 is 24.2 Å². The van der Waals surface area contributed by atoms with Gasteiger partial charge >= 0.3 is 24.8 Å². The van der Waals surface area contributed by atoms with Crippen LogP contribution in [-0.4, -0.2) is 40.5 Å². The number of halogens is 2. The van der Waals surface area contributed by atoms with Crippen LogP contribution in [0.25, 0.3) is 0 Å². The summed E-state index contributed by atoms with van der Waals surface area (Å²) in [6.07, 6.45) is 3.12. The quantitative estimate of drug-likeness (QED) is 0.693. The van der Waals surface area contributed by atoms with Crippen LogP contribution in [0.4, 0.5) is 8.78 Å². The average molecular weight is 332 g/mol. The summed E-state index contributed by atoms with van der Waals surface area (Å²) in [5, 5.41) is 12.3. The van der Waals surface area contributed by atoms with Crippen molar-refractivity contribution in [3.05, 3.63) is 35.4 Å². The predicted molar refractivity (Wildman–Crippen MR) is 78.8 cm³/mol. The van der Waals surface area contributed by atoms with E-state index in [9.17, 15) is 18.4 Å². The van der Waals surface area contributed by atoms with Gasteiger partial charge in [-0.3, -0.25) is 9.59 Å². The summed E-state index contributed by atoms with van der Waals surface area (Å²) >= 11 is 0. The predicted octanol–water partition coefficient (Wildman–Crippen LogP) is -1.05. The number of carboxylic acids is 1. The molecule has 1 amide bonds. The molecule has 126 valence electrons. The second-order valence-electron chi connectivity index (χ2n) is 6.22. The molecule has 5 nitrogen and oxygen atoms in total. The third-order valence-electron chi connectivity index (χ3n) is 4.71. The maximum atomic E-state index is 13.5. The third-order valence-corrected chi connectivity index (χ3v) is 4.71. The van der Waals surface area contributed by atoms with Crippen molar-refractivity contribution in [2.45, 2.75) is 37.3 Å². The van der Waals surface area contributed by atoms with Gasteiger partial charge in [0.15, 0.2) is 0 Å². The van der Waals surface area contributed by atoms with Gasteiger partial charge in [0.2, 0.25) is 5.91 Å². The van der Waals surface area contributed by atoms with Gasteiger partial charge < -0.3 is 16.7 Å². The number of carbonyl (C=O) groups is 2. The smallest absolute Gasteiger partial charge is 1.00 e. The number of rotatable bonds is 3. The Morgan fingerprint density at radius 1 is 1.29 bits per heavy atom. The van der Waals surface area contributed by atoms with Gasteiger partial charge in [-0.05, 0) is 30.5 Å². The zero-order valence-electron chi connectivity index (χ0n) is 14.5. The van der Waals surface area contributed by atoms with Gasteiger partial charge in [0.05, 0.1) is 11.6 Å². The first-order chi connectivity index (χ1) is 10.9. The molecule has 1 spiro atoms. The zero-order chi connectivity index (χ0) is 16.6. The van der Waals surface area contributed by atoms with E-state index in [4.69, 9.17) is 5.11 Å². The monoisotopic (exact) mass is 332 g/mol. The Kier molecular flexibility index (Phi) is 5.69. The first kappa shape index (κ1) is 18.9. The Bertz CT molecular complexity index is 636. The molecule has 1 heterocycles. The fourth-order valence-electron chi connectivity index (χ4n) is 3.66. The molecule has 3 rings (SSSR count). The molecule has 0 aromatic heterocycles. The van der Waals surface area contributed by atoms with Crippen LogP contribution in [0.3, 0.4) is 0 Å². The molecule has 2 aliphatic rings. The standard InChI is InChI=1S/C16H18F2N2O3.Li.H/c17-11-5-10(6-12(18)7-11)13-8-19-16(3-1-2-4-16)15(23)20(13)9-14(21)22;;/h5-7,13,19H,1-4,8-9H2,(H,21,22);;/q;+1;-1. The molecule has 1 aromatic rings. The molecular formula is C16H19F2LiN2O3. The van der Waals surface area contributed by atoms with Crippen molar-refractivity contribution in [2.75, 3.05) is 13.1 Å². The van der Waals surface area contributed by atoms with Gasteiger partial charge in [-0.15, -0.1) is 0 Å². The van der Waals surface area contributed by atoms with Crippen LogP contribution in [0, 0.1) is 11.6 Å². The Morgan fingerprint density at radius 3 is 2.42 bits per heavy atom. The number of benzene rings is 1. The molecule has 1 saturated heterocycles. The van der Waals surface area contributed by atoms with Gasteiger partial charge in [-0.2, -0.15) is 0 Å². The van der Waals surface area contributed by atoms with Crippen LogP contribution in [0.5, 0.6) is 0 Å². The molecule has 1 aliphatic carbocycles. The molecule has 1 aromatic carbocycles.